The van der Waals surface area contributed by atoms with Crippen molar-refractivity contribution < 1.29 is 14.4 Å². The van der Waals surface area contributed by atoms with Crippen molar-refractivity contribution in [3.05, 3.63) is 57.8 Å². The quantitative estimate of drug-likeness (QED) is 0.602. The van der Waals surface area contributed by atoms with Crippen LogP contribution in [0.2, 0.25) is 0 Å². The summed E-state index contributed by atoms with van der Waals surface area (Å²) in [7, 11) is 0. The van der Waals surface area contributed by atoms with Crippen LogP contribution in [0.5, 0.6) is 0 Å². The fourth-order valence-electron chi connectivity index (χ4n) is 4.27. The van der Waals surface area contributed by atoms with E-state index in [1.165, 1.54) is 0 Å². The zero-order valence-corrected chi connectivity index (χ0v) is 18.6. The summed E-state index contributed by atoms with van der Waals surface area (Å²) >= 11 is 1.61. The predicted octanol–water partition coefficient (Wildman–Crippen LogP) is 3.27. The van der Waals surface area contributed by atoms with Crippen molar-refractivity contribution in [3.8, 4) is 0 Å². The molecule has 3 N–H and O–H groups in total. The number of hydrazine groups is 1. The zero-order chi connectivity index (χ0) is 22.0. The summed E-state index contributed by atoms with van der Waals surface area (Å²) in [5.41, 5.74) is 3.84. The second-order valence-electron chi connectivity index (χ2n) is 8.61. The van der Waals surface area contributed by atoms with Crippen molar-refractivity contribution in [2.24, 2.45) is 5.92 Å². The number of imide groups is 1. The molecule has 4 amide bonds. The Balaban J connectivity index is 1.40. The molecule has 8 heteroatoms. The van der Waals surface area contributed by atoms with E-state index in [-0.39, 0.29) is 18.5 Å². The van der Waals surface area contributed by atoms with Crippen LogP contribution in [-0.2, 0) is 9.59 Å². The molecule has 1 spiro atoms. The lowest BCUT2D eigenvalue weighted by molar-refractivity contribution is -0.139. The van der Waals surface area contributed by atoms with Gasteiger partial charge in [0.1, 0.15) is 5.54 Å². The summed E-state index contributed by atoms with van der Waals surface area (Å²) in [6, 6.07) is 11.4. The Bertz CT molecular complexity index is 950. The predicted molar refractivity (Wildman–Crippen MR) is 119 cm³/mol. The van der Waals surface area contributed by atoms with Crippen molar-refractivity contribution >= 4 is 29.2 Å². The first-order valence-corrected chi connectivity index (χ1v) is 11.6. The van der Waals surface area contributed by atoms with E-state index in [0.717, 1.165) is 33.9 Å². The van der Waals surface area contributed by atoms with E-state index in [9.17, 15) is 14.4 Å². The molecular formula is C23H28N4O3S. The van der Waals surface area contributed by atoms with Crippen LogP contribution in [0.4, 0.5) is 4.79 Å². The Morgan fingerprint density at radius 2 is 1.94 bits per heavy atom. The minimum absolute atomic E-state index is 0.0302. The average molecular weight is 441 g/mol. The van der Waals surface area contributed by atoms with E-state index in [4.69, 9.17) is 0 Å². The Morgan fingerprint density at radius 3 is 2.58 bits per heavy atom. The third kappa shape index (κ3) is 4.50. The average Bonchev–Trinajstić information content (AvgIpc) is 3.35. The molecule has 4 rings (SSSR count). The molecule has 31 heavy (non-hydrogen) atoms. The number of nitrogens with one attached hydrogen (secondary N) is 3. The lowest BCUT2D eigenvalue weighted by Gasteiger charge is -2.33. The highest BCUT2D eigenvalue weighted by atomic mass is 32.1. The van der Waals surface area contributed by atoms with Crippen molar-refractivity contribution in [2.45, 2.75) is 51.1 Å². The molecule has 7 nitrogen and oxygen atoms in total. The van der Waals surface area contributed by atoms with Crippen molar-refractivity contribution in [1.29, 1.82) is 0 Å². The highest BCUT2D eigenvalue weighted by Crippen LogP contribution is 2.35. The van der Waals surface area contributed by atoms with E-state index in [1.807, 2.05) is 48.7 Å². The molecule has 0 radical (unpaired) electrons. The third-order valence-corrected chi connectivity index (χ3v) is 7.17. The van der Waals surface area contributed by atoms with E-state index >= 15 is 0 Å². The van der Waals surface area contributed by atoms with E-state index in [1.54, 1.807) is 11.3 Å². The molecule has 1 atom stereocenters. The molecule has 1 aliphatic heterocycles. The lowest BCUT2D eigenvalue weighted by atomic mass is 9.77. The van der Waals surface area contributed by atoms with Crippen LogP contribution in [0.3, 0.4) is 0 Å². The number of nitrogens with zero attached hydrogens (tertiary/aromatic N) is 1. The topological polar surface area (TPSA) is 90.5 Å². The maximum atomic E-state index is 12.9. The maximum Gasteiger partial charge on any atom is 0.344 e. The summed E-state index contributed by atoms with van der Waals surface area (Å²) in [5, 5.41) is 8.93. The first-order chi connectivity index (χ1) is 14.9. The number of rotatable bonds is 6. The second kappa shape index (κ2) is 8.80. The molecule has 2 aliphatic rings. The summed E-state index contributed by atoms with van der Waals surface area (Å²) in [4.78, 5) is 39.1. The Kier molecular flexibility index (Phi) is 6.11. The standard InChI is InChI=1S/C23H28N4O3S/c1-15-5-7-17(8-6-15)20(18-4-3-13-31-18)24-14-19(28)26-27-21(29)23(25-22(27)30)11-9-16(2)10-12-23/h3-8,13,16,20,24H,9-12,14H2,1-2H3,(H,25,30)(H,26,28)/t16?,20-,23?/m1/s1. The molecule has 1 saturated carbocycles. The SMILES string of the molecule is Cc1ccc([C@@H](NCC(=O)NN2C(=O)NC3(CCC(C)CC3)C2=O)c2cccs2)cc1. The van der Waals surface area contributed by atoms with E-state index in [2.05, 4.69) is 23.0 Å². The van der Waals surface area contributed by atoms with Crippen LogP contribution < -0.4 is 16.1 Å². The lowest BCUT2D eigenvalue weighted by Crippen LogP contribution is -2.52. The Morgan fingerprint density at radius 1 is 1.23 bits per heavy atom. The minimum Gasteiger partial charge on any atom is -0.322 e. The number of thiophene rings is 1. The zero-order valence-electron chi connectivity index (χ0n) is 17.8. The number of carbonyl (C=O) groups excluding carboxylic acids is 3. The molecule has 2 heterocycles. The van der Waals surface area contributed by atoms with Crippen LogP contribution in [0, 0.1) is 12.8 Å². The molecule has 0 unspecified atom stereocenters. The fraction of sp³-hybridized carbons (Fsp3) is 0.435. The van der Waals surface area contributed by atoms with E-state index < -0.39 is 17.5 Å². The number of benzene rings is 1. The number of carbonyl (C=O) groups is 3. The fourth-order valence-corrected chi connectivity index (χ4v) is 5.10. The summed E-state index contributed by atoms with van der Waals surface area (Å²) in [5.74, 6) is -0.247. The molecule has 0 bridgehead atoms. The largest absolute Gasteiger partial charge is 0.344 e. The van der Waals surface area contributed by atoms with Gasteiger partial charge in [-0.2, -0.15) is 5.01 Å². The van der Waals surface area contributed by atoms with Gasteiger partial charge in [-0.15, -0.1) is 11.3 Å². The highest BCUT2D eigenvalue weighted by Gasteiger charge is 2.52. The third-order valence-electron chi connectivity index (χ3n) is 6.23. The van der Waals surface area contributed by atoms with Crippen LogP contribution in [0.1, 0.15) is 54.7 Å². The molecule has 164 valence electrons. The molecule has 2 aromatic rings. The van der Waals surface area contributed by atoms with Crippen LogP contribution in [-0.4, -0.2) is 34.9 Å². The maximum absolute atomic E-state index is 12.9. The van der Waals surface area contributed by atoms with Gasteiger partial charge < -0.3 is 5.32 Å². The Hall–Kier alpha value is -2.71. The van der Waals surface area contributed by atoms with Gasteiger partial charge in [0, 0.05) is 4.88 Å². The van der Waals surface area contributed by atoms with Crippen LogP contribution in [0.25, 0.3) is 0 Å². The van der Waals surface area contributed by atoms with Crippen LogP contribution >= 0.6 is 11.3 Å². The highest BCUT2D eigenvalue weighted by molar-refractivity contribution is 7.10. The summed E-state index contributed by atoms with van der Waals surface area (Å²) in [6.07, 6.45) is 2.98. The van der Waals surface area contributed by atoms with Crippen LogP contribution in [0.15, 0.2) is 41.8 Å². The van der Waals surface area contributed by atoms with Gasteiger partial charge in [0.2, 0.25) is 0 Å². The minimum atomic E-state index is -0.869. The number of urea groups is 1. The van der Waals surface area contributed by atoms with Gasteiger partial charge in [-0.3, -0.25) is 20.3 Å². The van der Waals surface area contributed by atoms with Gasteiger partial charge in [-0.25, -0.2) is 4.79 Å². The molecule has 1 aliphatic carbocycles. The van der Waals surface area contributed by atoms with E-state index in [0.29, 0.717) is 18.8 Å². The number of hydrogen-bond acceptors (Lipinski definition) is 5. The number of aryl methyl sites for hydroxylation is 1. The molecule has 1 aromatic carbocycles. The van der Waals surface area contributed by atoms with Gasteiger partial charge in [-0.05, 0) is 55.5 Å². The van der Waals surface area contributed by atoms with Gasteiger partial charge in [-0.1, -0.05) is 42.8 Å². The smallest absolute Gasteiger partial charge is 0.322 e. The van der Waals surface area contributed by atoms with Gasteiger partial charge in [0.05, 0.1) is 12.6 Å². The van der Waals surface area contributed by atoms with Gasteiger partial charge in [0.15, 0.2) is 0 Å². The Labute approximate surface area is 186 Å². The summed E-state index contributed by atoms with van der Waals surface area (Å²) in [6.45, 7) is 4.15. The summed E-state index contributed by atoms with van der Waals surface area (Å²) < 4.78 is 0. The first-order valence-electron chi connectivity index (χ1n) is 10.7. The molecule has 1 saturated heterocycles. The van der Waals surface area contributed by atoms with Crippen molar-refractivity contribution in [1.82, 2.24) is 21.1 Å². The second-order valence-corrected chi connectivity index (χ2v) is 9.59. The number of amides is 4. The first kappa shape index (κ1) is 21.5. The molecular weight excluding hydrogens is 412 g/mol. The van der Waals surface area contributed by atoms with Gasteiger partial charge >= 0.3 is 6.03 Å². The van der Waals surface area contributed by atoms with Gasteiger partial charge in [0.25, 0.3) is 11.8 Å². The monoisotopic (exact) mass is 440 g/mol. The molecule has 1 aromatic heterocycles. The van der Waals surface area contributed by atoms with Crippen molar-refractivity contribution in [3.63, 3.8) is 0 Å². The van der Waals surface area contributed by atoms with Crippen molar-refractivity contribution in [2.75, 3.05) is 6.54 Å². The number of hydrogen-bond donors (Lipinski definition) is 3. The normalized spacial score (nSPS) is 24.3. The molecule has 2 fully saturated rings.